The normalized spacial score (nSPS) is 15.0. The minimum Gasteiger partial charge on any atom is -0.487 e. The predicted octanol–water partition coefficient (Wildman–Crippen LogP) is 3.29. The van der Waals surface area contributed by atoms with Gasteiger partial charge in [0, 0.05) is 24.9 Å². The van der Waals surface area contributed by atoms with E-state index < -0.39 is 35.0 Å². The van der Waals surface area contributed by atoms with E-state index in [1.54, 1.807) is 18.5 Å². The summed E-state index contributed by atoms with van der Waals surface area (Å²) in [6.45, 7) is 0.0705. The quantitative estimate of drug-likeness (QED) is 0.700. The van der Waals surface area contributed by atoms with Gasteiger partial charge in [0.2, 0.25) is 0 Å². The van der Waals surface area contributed by atoms with Crippen molar-refractivity contribution in [1.82, 2.24) is 15.3 Å². The van der Waals surface area contributed by atoms with Crippen LogP contribution in [0.25, 0.3) is 11.4 Å². The van der Waals surface area contributed by atoms with Gasteiger partial charge in [-0.05, 0) is 23.8 Å². The molecule has 0 bridgehead atoms. The number of fused-ring (bicyclic) bond motifs is 1. The fourth-order valence-corrected chi connectivity index (χ4v) is 3.06. The summed E-state index contributed by atoms with van der Waals surface area (Å²) in [6, 6.07) is 8.20. The van der Waals surface area contributed by atoms with Crippen molar-refractivity contribution >= 4 is 5.91 Å². The van der Waals surface area contributed by atoms with Crippen LogP contribution in [0.4, 0.5) is 13.2 Å². The summed E-state index contributed by atoms with van der Waals surface area (Å²) in [5.74, 6) is -3.46. The first kappa shape index (κ1) is 18.0. The average molecular weight is 385 g/mol. The molecule has 2 heterocycles. The molecule has 142 valence electrons. The zero-order valence-electron chi connectivity index (χ0n) is 14.5. The number of nitrogens with one attached hydrogen (secondary N) is 1. The van der Waals surface area contributed by atoms with E-state index in [-0.39, 0.29) is 6.54 Å². The number of ether oxygens (including phenoxy) is 1. The van der Waals surface area contributed by atoms with E-state index in [4.69, 9.17) is 4.74 Å². The number of hydrogen-bond donors (Lipinski definition) is 1. The highest BCUT2D eigenvalue weighted by atomic mass is 19.2. The Bertz CT molecular complexity index is 1040. The number of carbonyl (C=O) groups excluding carboxylic acids is 1. The standard InChI is InChI=1S/C20H14F3N3O2/c21-15-9-17(23)16(22)8-14(15)20(27)26-10-12-7-11-3-1-4-13(18(11)28-12)19-24-5-2-6-25-19/h1-6,8-9,12H,7,10H2,(H,26,27)/t12-/m1/s1. The summed E-state index contributed by atoms with van der Waals surface area (Å²) >= 11 is 0. The molecule has 0 radical (unpaired) electrons. The van der Waals surface area contributed by atoms with Crippen molar-refractivity contribution in [3.63, 3.8) is 0 Å². The highest BCUT2D eigenvalue weighted by molar-refractivity contribution is 5.94. The van der Waals surface area contributed by atoms with Crippen molar-refractivity contribution in [2.75, 3.05) is 6.54 Å². The lowest BCUT2D eigenvalue weighted by Gasteiger charge is -2.13. The van der Waals surface area contributed by atoms with Crippen LogP contribution in [0.3, 0.4) is 0 Å². The lowest BCUT2D eigenvalue weighted by atomic mass is 10.1. The summed E-state index contributed by atoms with van der Waals surface area (Å²) in [5.41, 5.74) is 1.11. The zero-order chi connectivity index (χ0) is 19.7. The van der Waals surface area contributed by atoms with Gasteiger partial charge in [0.25, 0.3) is 5.91 Å². The summed E-state index contributed by atoms with van der Waals surface area (Å²) in [5, 5.41) is 2.50. The molecule has 0 spiro atoms. The third-order valence-corrected chi connectivity index (χ3v) is 4.38. The Morgan fingerprint density at radius 1 is 1.07 bits per heavy atom. The van der Waals surface area contributed by atoms with Crippen LogP contribution in [0.1, 0.15) is 15.9 Å². The minimum absolute atomic E-state index is 0.0705. The SMILES string of the molecule is O=C(NC[C@H]1Cc2cccc(-c3ncccn3)c2O1)c1cc(F)c(F)cc1F. The van der Waals surface area contributed by atoms with Crippen LogP contribution in [0, 0.1) is 17.5 Å². The van der Waals surface area contributed by atoms with Crippen LogP contribution in [-0.2, 0) is 6.42 Å². The van der Waals surface area contributed by atoms with Gasteiger partial charge in [-0.1, -0.05) is 12.1 Å². The van der Waals surface area contributed by atoms with E-state index in [1.165, 1.54) is 0 Å². The Kier molecular flexibility index (Phi) is 4.68. The lowest BCUT2D eigenvalue weighted by molar-refractivity contribution is 0.0929. The highest BCUT2D eigenvalue weighted by Crippen LogP contribution is 2.37. The molecule has 1 aromatic heterocycles. The molecule has 1 atom stereocenters. The molecule has 3 aromatic rings. The summed E-state index contributed by atoms with van der Waals surface area (Å²) in [6.07, 6.45) is 3.39. The van der Waals surface area contributed by atoms with Gasteiger partial charge in [-0.2, -0.15) is 0 Å². The van der Waals surface area contributed by atoms with E-state index in [0.717, 1.165) is 11.1 Å². The van der Waals surface area contributed by atoms with Gasteiger partial charge < -0.3 is 10.1 Å². The van der Waals surface area contributed by atoms with Crippen molar-refractivity contribution < 1.29 is 22.7 Å². The Morgan fingerprint density at radius 2 is 1.82 bits per heavy atom. The van der Waals surface area contributed by atoms with Crippen molar-refractivity contribution in [3.05, 3.63) is 77.4 Å². The molecular weight excluding hydrogens is 371 g/mol. The first-order chi connectivity index (χ1) is 13.5. The van der Waals surface area contributed by atoms with Gasteiger partial charge >= 0.3 is 0 Å². The molecule has 8 heteroatoms. The third kappa shape index (κ3) is 3.40. The largest absolute Gasteiger partial charge is 0.487 e. The van der Waals surface area contributed by atoms with Gasteiger partial charge in [0.05, 0.1) is 17.7 Å². The Balaban J connectivity index is 1.46. The number of nitrogens with zero attached hydrogens (tertiary/aromatic N) is 2. The van der Waals surface area contributed by atoms with Crippen LogP contribution in [0.5, 0.6) is 5.75 Å². The maximum atomic E-state index is 13.7. The molecule has 5 nitrogen and oxygen atoms in total. The molecule has 0 saturated carbocycles. The van der Waals surface area contributed by atoms with E-state index in [1.807, 2.05) is 18.2 Å². The molecule has 1 aliphatic rings. The Hall–Kier alpha value is -3.42. The summed E-state index contributed by atoms with van der Waals surface area (Å²) in [4.78, 5) is 20.6. The van der Waals surface area contributed by atoms with E-state index in [9.17, 15) is 18.0 Å². The van der Waals surface area contributed by atoms with Gasteiger partial charge in [-0.3, -0.25) is 4.79 Å². The van der Waals surface area contributed by atoms with E-state index in [0.29, 0.717) is 30.1 Å². The molecular formula is C20H14F3N3O2. The Morgan fingerprint density at radius 3 is 2.61 bits per heavy atom. The fourth-order valence-electron chi connectivity index (χ4n) is 3.06. The number of amides is 1. The molecule has 1 amide bonds. The number of rotatable bonds is 4. The number of benzene rings is 2. The second-order valence-corrected chi connectivity index (χ2v) is 6.27. The van der Waals surface area contributed by atoms with Crippen molar-refractivity contribution in [2.45, 2.75) is 12.5 Å². The molecule has 0 saturated heterocycles. The molecule has 2 aromatic carbocycles. The molecule has 4 rings (SSSR count). The van der Waals surface area contributed by atoms with Gasteiger partial charge in [0.15, 0.2) is 17.5 Å². The van der Waals surface area contributed by atoms with Gasteiger partial charge in [0.1, 0.15) is 17.7 Å². The summed E-state index contributed by atoms with van der Waals surface area (Å²) < 4.78 is 45.9. The average Bonchev–Trinajstić information content (AvgIpc) is 3.12. The van der Waals surface area contributed by atoms with Crippen molar-refractivity contribution in [1.29, 1.82) is 0 Å². The highest BCUT2D eigenvalue weighted by Gasteiger charge is 2.27. The zero-order valence-corrected chi connectivity index (χ0v) is 14.5. The molecule has 0 fully saturated rings. The lowest BCUT2D eigenvalue weighted by Crippen LogP contribution is -2.35. The molecule has 28 heavy (non-hydrogen) atoms. The Labute approximate surface area is 158 Å². The molecule has 1 N–H and O–H groups in total. The maximum Gasteiger partial charge on any atom is 0.254 e. The van der Waals surface area contributed by atoms with Crippen LogP contribution >= 0.6 is 0 Å². The first-order valence-corrected chi connectivity index (χ1v) is 8.51. The number of carbonyl (C=O) groups is 1. The van der Waals surface area contributed by atoms with Gasteiger partial charge in [-0.25, -0.2) is 23.1 Å². The third-order valence-electron chi connectivity index (χ3n) is 4.38. The molecule has 1 aliphatic heterocycles. The van der Waals surface area contributed by atoms with E-state index in [2.05, 4.69) is 15.3 Å². The maximum absolute atomic E-state index is 13.7. The first-order valence-electron chi connectivity index (χ1n) is 8.51. The van der Waals surface area contributed by atoms with Crippen molar-refractivity contribution in [3.8, 4) is 17.1 Å². The molecule has 0 aliphatic carbocycles. The van der Waals surface area contributed by atoms with Crippen LogP contribution in [0.15, 0.2) is 48.8 Å². The number of hydrogen-bond acceptors (Lipinski definition) is 4. The second kappa shape index (κ2) is 7.30. The minimum atomic E-state index is -1.35. The second-order valence-electron chi connectivity index (χ2n) is 6.27. The van der Waals surface area contributed by atoms with Crippen LogP contribution < -0.4 is 10.1 Å². The summed E-state index contributed by atoms with van der Waals surface area (Å²) in [7, 11) is 0. The van der Waals surface area contributed by atoms with Crippen LogP contribution in [-0.4, -0.2) is 28.5 Å². The monoisotopic (exact) mass is 385 g/mol. The number of aromatic nitrogens is 2. The van der Waals surface area contributed by atoms with Gasteiger partial charge in [-0.15, -0.1) is 0 Å². The van der Waals surface area contributed by atoms with Crippen LogP contribution in [0.2, 0.25) is 0 Å². The predicted molar refractivity (Wildman–Crippen MR) is 94.2 cm³/mol. The smallest absolute Gasteiger partial charge is 0.254 e. The van der Waals surface area contributed by atoms with Crippen molar-refractivity contribution in [2.24, 2.45) is 0 Å². The van der Waals surface area contributed by atoms with E-state index >= 15 is 0 Å². The topological polar surface area (TPSA) is 64.1 Å². The number of halogens is 3. The fraction of sp³-hybridized carbons (Fsp3) is 0.150. The number of para-hydroxylation sites is 1. The molecule has 0 unspecified atom stereocenters.